The normalized spacial score (nSPS) is 13.2. The molecule has 1 atom stereocenters. The number of nitrogens with one attached hydrogen (secondary N) is 1. The van der Waals surface area contributed by atoms with Gasteiger partial charge in [-0.2, -0.15) is 26.3 Å². The van der Waals surface area contributed by atoms with E-state index in [0.29, 0.717) is 33.6 Å². The van der Waals surface area contributed by atoms with Crippen molar-refractivity contribution in [3.63, 3.8) is 0 Å². The predicted molar refractivity (Wildman–Crippen MR) is 119 cm³/mol. The van der Waals surface area contributed by atoms with Crippen molar-refractivity contribution in [1.29, 1.82) is 0 Å². The molecule has 1 unspecified atom stereocenters. The first-order valence-corrected chi connectivity index (χ1v) is 10.9. The third kappa shape index (κ3) is 5.98. The zero-order valence-corrected chi connectivity index (χ0v) is 19.4. The fourth-order valence-corrected chi connectivity index (χ4v) is 4.13. The molecule has 1 aromatic heterocycles. The minimum atomic E-state index is -4.95. The Hall–Kier alpha value is -3.01. The fraction of sp³-hybridized carbons (Fsp3) is 0.333. The van der Waals surface area contributed by atoms with Crippen molar-refractivity contribution in [2.75, 3.05) is 0 Å². The Morgan fingerprint density at radius 2 is 1.74 bits per heavy atom. The van der Waals surface area contributed by atoms with Crippen LogP contribution in [0.5, 0.6) is 0 Å². The lowest BCUT2D eigenvalue weighted by Gasteiger charge is -2.21. The molecule has 1 N–H and O–H groups in total. The molecule has 11 heteroatoms. The monoisotopic (exact) mass is 518 g/mol. The molecule has 1 amide bonds. The highest BCUT2D eigenvalue weighted by Crippen LogP contribution is 2.41. The van der Waals surface area contributed by atoms with E-state index < -0.39 is 41.6 Å². The van der Waals surface area contributed by atoms with Gasteiger partial charge in [0.2, 0.25) is 5.91 Å². The summed E-state index contributed by atoms with van der Waals surface area (Å²) in [7, 11) is 0. The number of benzene rings is 2. The number of rotatable bonds is 7. The van der Waals surface area contributed by atoms with Crippen molar-refractivity contribution in [1.82, 2.24) is 9.88 Å². The van der Waals surface area contributed by atoms with Crippen LogP contribution in [0.1, 0.15) is 53.4 Å². The fourth-order valence-electron chi connectivity index (χ4n) is 3.90. The van der Waals surface area contributed by atoms with Crippen molar-refractivity contribution in [2.45, 2.75) is 51.6 Å². The van der Waals surface area contributed by atoms with E-state index in [1.165, 1.54) is 17.6 Å². The number of hydrogen-bond acceptors (Lipinski definition) is 2. The lowest BCUT2D eigenvalue weighted by Crippen LogP contribution is -2.25. The molecule has 0 saturated heterocycles. The molecule has 0 aliphatic heterocycles. The molecule has 3 rings (SSSR count). The summed E-state index contributed by atoms with van der Waals surface area (Å²) < 4.78 is 82.2. The third-order valence-electron chi connectivity index (χ3n) is 5.60. The number of fused-ring (bicyclic) bond motifs is 1. The molecule has 0 fully saturated rings. The summed E-state index contributed by atoms with van der Waals surface area (Å²) in [5.41, 5.74) is -0.813. The smallest absolute Gasteiger partial charge is 0.352 e. The van der Waals surface area contributed by atoms with Gasteiger partial charge in [-0.15, -0.1) is 0 Å². The van der Waals surface area contributed by atoms with Gasteiger partial charge in [0.15, 0.2) is 5.78 Å². The second-order valence-corrected chi connectivity index (χ2v) is 8.44. The van der Waals surface area contributed by atoms with Gasteiger partial charge >= 0.3 is 12.4 Å². The minimum absolute atomic E-state index is 0.0172. The van der Waals surface area contributed by atoms with Crippen LogP contribution in [0.15, 0.2) is 42.5 Å². The number of carbonyl (C=O) groups is 2. The summed E-state index contributed by atoms with van der Waals surface area (Å²) in [5, 5.41) is 3.43. The number of ketones is 1. The Labute approximate surface area is 201 Å². The molecule has 0 aliphatic rings. The van der Waals surface area contributed by atoms with Crippen LogP contribution < -0.4 is 5.32 Å². The molecule has 3 aromatic rings. The Morgan fingerprint density at radius 3 is 2.31 bits per heavy atom. The van der Waals surface area contributed by atoms with E-state index in [-0.39, 0.29) is 24.7 Å². The molecule has 0 saturated carbocycles. The molecule has 0 bridgehead atoms. The van der Waals surface area contributed by atoms with Gasteiger partial charge in [-0.1, -0.05) is 29.8 Å². The Kier molecular flexibility index (Phi) is 7.54. The van der Waals surface area contributed by atoms with Gasteiger partial charge in [0.1, 0.15) is 0 Å². The average molecular weight is 519 g/mol. The molecule has 0 spiro atoms. The number of nitrogens with zero attached hydrogens (tertiary/aromatic N) is 1. The van der Waals surface area contributed by atoms with Crippen LogP contribution in [0.3, 0.4) is 0 Å². The predicted octanol–water partition coefficient (Wildman–Crippen LogP) is 6.89. The summed E-state index contributed by atoms with van der Waals surface area (Å²) in [5.74, 6) is -3.57. The summed E-state index contributed by atoms with van der Waals surface area (Å²) in [4.78, 5) is 24.3. The highest BCUT2D eigenvalue weighted by Gasteiger charge is 2.43. The maximum Gasteiger partial charge on any atom is 0.416 e. The van der Waals surface area contributed by atoms with Crippen molar-refractivity contribution in [2.24, 2.45) is 0 Å². The minimum Gasteiger partial charge on any atom is -0.352 e. The van der Waals surface area contributed by atoms with Gasteiger partial charge < -0.3 is 9.88 Å². The molecule has 1 heterocycles. The number of carbonyl (C=O) groups excluding carboxylic acids is 2. The van der Waals surface area contributed by atoms with E-state index in [4.69, 9.17) is 11.6 Å². The molecule has 0 radical (unpaired) electrons. The maximum atomic E-state index is 13.9. The molecule has 2 aromatic carbocycles. The number of hydrogen-bond donors (Lipinski definition) is 1. The molecular weight excluding hydrogens is 498 g/mol. The number of aryl methyl sites for hydroxylation is 1. The third-order valence-corrected chi connectivity index (χ3v) is 5.95. The van der Waals surface area contributed by atoms with Crippen LogP contribution in [0.2, 0.25) is 5.02 Å². The quantitative estimate of drug-likeness (QED) is 0.273. The number of Topliss-reactive ketones (excluding diaryl/α,β-unsaturated/α-hetero) is 1. The lowest BCUT2D eigenvalue weighted by atomic mass is 9.91. The highest BCUT2D eigenvalue weighted by molar-refractivity contribution is 6.32. The SMILES string of the molecule is CCn1c(C(=O)CC(c2cccc(C(F)(F)F)c2)C(F)(F)F)cc2cc(CNC(C)=O)c(Cl)cc21. The first kappa shape index (κ1) is 26.6. The highest BCUT2D eigenvalue weighted by atomic mass is 35.5. The largest absolute Gasteiger partial charge is 0.416 e. The van der Waals surface area contributed by atoms with Gasteiger partial charge in [-0.25, -0.2) is 0 Å². The lowest BCUT2D eigenvalue weighted by molar-refractivity contribution is -0.150. The van der Waals surface area contributed by atoms with Crippen molar-refractivity contribution in [3.8, 4) is 0 Å². The van der Waals surface area contributed by atoms with E-state index in [1.807, 2.05) is 0 Å². The van der Waals surface area contributed by atoms with Crippen LogP contribution in [0.4, 0.5) is 26.3 Å². The second-order valence-electron chi connectivity index (χ2n) is 8.03. The van der Waals surface area contributed by atoms with Crippen molar-refractivity contribution >= 4 is 34.2 Å². The Bertz CT molecular complexity index is 1260. The number of alkyl halides is 6. The van der Waals surface area contributed by atoms with Gasteiger partial charge in [-0.05, 0) is 42.3 Å². The Morgan fingerprint density at radius 1 is 1.06 bits per heavy atom. The van der Waals surface area contributed by atoms with Crippen LogP contribution in [-0.4, -0.2) is 22.4 Å². The van der Waals surface area contributed by atoms with E-state index in [9.17, 15) is 35.9 Å². The molecule has 188 valence electrons. The van der Waals surface area contributed by atoms with Gasteiger partial charge in [-0.3, -0.25) is 9.59 Å². The standard InChI is InChI=1S/C24H21ClF6N2O2/c1-3-33-20-11-19(25)16(12-32-13(2)34)7-15(20)9-21(33)22(35)10-18(24(29,30)31)14-5-4-6-17(8-14)23(26,27)28/h4-9,11,18H,3,10,12H2,1-2H3,(H,32,34). The van der Waals surface area contributed by atoms with Crippen LogP contribution in [0.25, 0.3) is 10.9 Å². The van der Waals surface area contributed by atoms with Crippen LogP contribution >= 0.6 is 11.6 Å². The molecule has 0 aliphatic carbocycles. The second kappa shape index (κ2) is 9.93. The zero-order valence-electron chi connectivity index (χ0n) is 18.6. The molecule has 35 heavy (non-hydrogen) atoms. The van der Waals surface area contributed by atoms with E-state index in [1.54, 1.807) is 19.1 Å². The van der Waals surface area contributed by atoms with Crippen LogP contribution in [-0.2, 0) is 24.1 Å². The van der Waals surface area contributed by atoms with Crippen LogP contribution in [0, 0.1) is 0 Å². The summed E-state index contributed by atoms with van der Waals surface area (Å²) in [6.45, 7) is 3.39. The first-order chi connectivity index (χ1) is 16.2. The van der Waals surface area contributed by atoms with Crippen molar-refractivity contribution in [3.05, 3.63) is 69.9 Å². The maximum absolute atomic E-state index is 13.9. The van der Waals surface area contributed by atoms with Gasteiger partial charge in [0.25, 0.3) is 0 Å². The summed E-state index contributed by atoms with van der Waals surface area (Å²) >= 11 is 6.29. The molecular formula is C24H21ClF6N2O2. The van der Waals surface area contributed by atoms with Gasteiger partial charge in [0.05, 0.1) is 22.7 Å². The van der Waals surface area contributed by atoms with E-state index in [2.05, 4.69) is 5.32 Å². The Balaban J connectivity index is 2.01. The van der Waals surface area contributed by atoms with Crippen molar-refractivity contribution < 1.29 is 35.9 Å². The number of aromatic nitrogens is 1. The van der Waals surface area contributed by atoms with E-state index >= 15 is 0 Å². The number of amides is 1. The summed E-state index contributed by atoms with van der Waals surface area (Å²) in [6.07, 6.45) is -10.8. The first-order valence-electron chi connectivity index (χ1n) is 10.6. The van der Waals surface area contributed by atoms with E-state index in [0.717, 1.165) is 12.1 Å². The topological polar surface area (TPSA) is 51.1 Å². The summed E-state index contributed by atoms with van der Waals surface area (Å²) in [6, 6.07) is 7.54. The van der Waals surface area contributed by atoms with Gasteiger partial charge in [0, 0.05) is 36.8 Å². The molecule has 4 nitrogen and oxygen atoms in total. The average Bonchev–Trinajstić information content (AvgIpc) is 3.11. The zero-order chi connectivity index (χ0) is 26.1. The number of halogens is 7.